The zero-order valence-electron chi connectivity index (χ0n) is 7.10. The van der Waals surface area contributed by atoms with Crippen molar-refractivity contribution in [1.82, 2.24) is 0 Å². The van der Waals surface area contributed by atoms with E-state index in [1.807, 2.05) is 0 Å². The van der Waals surface area contributed by atoms with Crippen LogP contribution in [0.15, 0.2) is 23.2 Å². The van der Waals surface area contributed by atoms with Crippen LogP contribution in [0.2, 0.25) is 0 Å². The fourth-order valence-electron chi connectivity index (χ4n) is 1.26. The minimum Gasteiger partial charge on any atom is -0.266 e. The fourth-order valence-corrected chi connectivity index (χ4v) is 1.46. The number of hydrogen-bond donors (Lipinski definition) is 0. The first-order valence-corrected chi connectivity index (χ1v) is 4.27. The minimum absolute atomic E-state index is 0.0279. The summed E-state index contributed by atoms with van der Waals surface area (Å²) < 4.78 is 36.9. The Hall–Kier alpha value is -1.36. The smallest absolute Gasteiger partial charge is 0.266 e. The zero-order chi connectivity index (χ0) is 11.2. The van der Waals surface area contributed by atoms with Crippen molar-refractivity contribution in [2.45, 2.75) is 6.18 Å². The van der Waals surface area contributed by atoms with Crippen LogP contribution >= 0.6 is 11.6 Å². The van der Waals surface area contributed by atoms with Crippen LogP contribution in [0.3, 0.4) is 0 Å². The van der Waals surface area contributed by atoms with Crippen molar-refractivity contribution in [2.75, 3.05) is 0 Å². The van der Waals surface area contributed by atoms with Crippen LogP contribution in [0.5, 0.6) is 0 Å². The molecule has 1 aromatic carbocycles. The van der Waals surface area contributed by atoms with Crippen molar-refractivity contribution in [1.29, 1.82) is 0 Å². The normalized spacial score (nSPS) is 15.2. The summed E-state index contributed by atoms with van der Waals surface area (Å²) in [6.07, 6.45) is -4.44. The van der Waals surface area contributed by atoms with E-state index >= 15 is 0 Å². The highest BCUT2D eigenvalue weighted by molar-refractivity contribution is 6.61. The topological polar surface area (TPSA) is 29.4 Å². The summed E-state index contributed by atoms with van der Waals surface area (Å²) in [5.41, 5.74) is -0.843. The van der Waals surface area contributed by atoms with Crippen molar-refractivity contribution < 1.29 is 18.0 Å². The average Bonchev–Trinajstić information content (AvgIpc) is 2.41. The summed E-state index contributed by atoms with van der Waals surface area (Å²) in [4.78, 5) is 14.4. The van der Waals surface area contributed by atoms with Gasteiger partial charge in [0.2, 0.25) is 0 Å². The van der Waals surface area contributed by atoms with E-state index in [0.29, 0.717) is 0 Å². The van der Waals surface area contributed by atoms with Gasteiger partial charge in [-0.3, -0.25) is 4.79 Å². The monoisotopic (exact) mass is 233 g/mol. The molecule has 0 N–H and O–H groups in total. The number of carbonyl (C=O) groups excluding carboxylic acids is 1. The molecule has 0 radical (unpaired) electrons. The molecule has 1 aliphatic rings. The molecule has 0 saturated heterocycles. The maximum Gasteiger partial charge on any atom is 0.416 e. The molecule has 1 heterocycles. The molecule has 0 aromatic heterocycles. The second kappa shape index (κ2) is 3.06. The summed E-state index contributed by atoms with van der Waals surface area (Å²) in [5.74, 6) is -0.703. The molecule has 2 rings (SSSR count). The summed E-state index contributed by atoms with van der Waals surface area (Å²) in [6.45, 7) is 0. The number of rotatable bonds is 0. The molecule has 0 spiro atoms. The predicted octanol–water partition coefficient (Wildman–Crippen LogP) is 1.21. The second-order valence-electron chi connectivity index (χ2n) is 2.96. The molecule has 1 aliphatic heterocycles. The molecule has 15 heavy (non-hydrogen) atoms. The molecule has 6 heteroatoms. The van der Waals surface area contributed by atoms with Gasteiger partial charge in [0.15, 0.2) is 0 Å². The Bertz CT molecular complexity index is 562. The molecule has 0 saturated carbocycles. The van der Waals surface area contributed by atoms with E-state index in [2.05, 4.69) is 4.99 Å². The number of fused-ring (bicyclic) bond motifs is 1. The van der Waals surface area contributed by atoms with Crippen LogP contribution in [0.1, 0.15) is 5.56 Å². The van der Waals surface area contributed by atoms with Gasteiger partial charge in [0.25, 0.3) is 5.91 Å². The molecule has 0 atom stereocenters. The third-order valence-electron chi connectivity index (χ3n) is 1.97. The van der Waals surface area contributed by atoms with E-state index < -0.39 is 17.6 Å². The van der Waals surface area contributed by atoms with E-state index in [4.69, 9.17) is 11.6 Å². The number of halogens is 4. The molecule has 1 amide bonds. The Morgan fingerprint density at radius 2 is 1.93 bits per heavy atom. The van der Waals surface area contributed by atoms with E-state index in [0.717, 1.165) is 18.2 Å². The molecule has 0 bridgehead atoms. The van der Waals surface area contributed by atoms with Crippen molar-refractivity contribution in [3.8, 4) is 0 Å². The highest BCUT2D eigenvalue weighted by Crippen LogP contribution is 2.27. The van der Waals surface area contributed by atoms with Crippen LogP contribution < -0.4 is 10.6 Å². The molecule has 78 valence electrons. The Balaban J connectivity index is 2.72. The number of carbonyl (C=O) groups is 1. The zero-order valence-corrected chi connectivity index (χ0v) is 7.86. The van der Waals surface area contributed by atoms with Gasteiger partial charge in [-0.2, -0.15) is 13.2 Å². The molecular weight excluding hydrogens is 231 g/mol. The van der Waals surface area contributed by atoms with Gasteiger partial charge >= 0.3 is 6.18 Å². The molecule has 1 aromatic rings. The van der Waals surface area contributed by atoms with E-state index in [1.165, 1.54) is 0 Å². The van der Waals surface area contributed by atoms with Gasteiger partial charge in [-0.25, -0.2) is 4.99 Å². The summed E-state index contributed by atoms with van der Waals surface area (Å²) in [6, 6.07) is 2.83. The van der Waals surface area contributed by atoms with Crippen molar-refractivity contribution >= 4 is 22.5 Å². The highest BCUT2D eigenvalue weighted by Gasteiger charge is 2.31. The highest BCUT2D eigenvalue weighted by atomic mass is 35.5. The van der Waals surface area contributed by atoms with Gasteiger partial charge in [0, 0.05) is 5.22 Å². The number of nitrogens with zero attached hydrogens (tertiary/aromatic N) is 1. The number of benzene rings is 1. The lowest BCUT2D eigenvalue weighted by Crippen LogP contribution is -2.24. The lowest BCUT2D eigenvalue weighted by atomic mass is 10.2. The van der Waals surface area contributed by atoms with Crippen LogP contribution in [-0.4, -0.2) is 5.91 Å². The average molecular weight is 234 g/mol. The number of alkyl halides is 3. The number of hydrogen-bond acceptors (Lipinski definition) is 1. The number of amides is 1. The van der Waals surface area contributed by atoms with Crippen LogP contribution in [0.25, 0.3) is 5.03 Å². The van der Waals surface area contributed by atoms with Crippen molar-refractivity contribution in [3.63, 3.8) is 0 Å². The molecular formula is C9H3ClF3NO. The van der Waals surface area contributed by atoms with E-state index in [1.54, 1.807) is 0 Å². The first-order valence-electron chi connectivity index (χ1n) is 3.90. The Kier molecular flexibility index (Phi) is 2.08. The first kappa shape index (κ1) is 10.2. The van der Waals surface area contributed by atoms with Gasteiger partial charge in [-0.1, -0.05) is 17.7 Å². The Morgan fingerprint density at radius 1 is 1.27 bits per heavy atom. The largest absolute Gasteiger partial charge is 0.416 e. The SMILES string of the molecule is O=C1N=c2cc(C(F)(F)F)ccc2=C1Cl. The molecule has 0 fully saturated rings. The Labute approximate surface area is 86.7 Å². The molecule has 0 aliphatic carbocycles. The van der Waals surface area contributed by atoms with E-state index in [-0.39, 0.29) is 15.6 Å². The maximum atomic E-state index is 12.3. The van der Waals surface area contributed by atoms with Crippen molar-refractivity contribution in [2.24, 2.45) is 4.99 Å². The summed E-state index contributed by atoms with van der Waals surface area (Å²) in [5, 5.41) is 0.0771. The molecule has 0 unspecified atom stereocenters. The standard InChI is InChI=1S/C9H3ClF3NO/c10-7-5-2-1-4(9(11,12)13)3-6(5)14-8(7)15/h1-3H. The van der Waals surface area contributed by atoms with Crippen LogP contribution in [0.4, 0.5) is 13.2 Å². The first-order chi connectivity index (χ1) is 6.89. The van der Waals surface area contributed by atoms with Crippen LogP contribution in [-0.2, 0) is 11.0 Å². The maximum absolute atomic E-state index is 12.3. The van der Waals surface area contributed by atoms with Crippen molar-refractivity contribution in [3.05, 3.63) is 34.3 Å². The van der Waals surface area contributed by atoms with Gasteiger partial charge in [-0.15, -0.1) is 0 Å². The lowest BCUT2D eigenvalue weighted by Gasteiger charge is -2.04. The summed E-state index contributed by atoms with van der Waals surface area (Å²) >= 11 is 5.55. The molecule has 2 nitrogen and oxygen atoms in total. The van der Waals surface area contributed by atoms with Crippen LogP contribution in [0, 0.1) is 0 Å². The summed E-state index contributed by atoms with van der Waals surface area (Å²) in [7, 11) is 0. The third kappa shape index (κ3) is 1.63. The second-order valence-corrected chi connectivity index (χ2v) is 3.34. The van der Waals surface area contributed by atoms with E-state index in [9.17, 15) is 18.0 Å². The minimum atomic E-state index is -4.44. The van der Waals surface area contributed by atoms with Gasteiger partial charge < -0.3 is 0 Å². The van der Waals surface area contributed by atoms with Gasteiger partial charge in [-0.05, 0) is 12.1 Å². The lowest BCUT2D eigenvalue weighted by molar-refractivity contribution is -0.137. The fraction of sp³-hybridized carbons (Fsp3) is 0.111. The van der Waals surface area contributed by atoms with Gasteiger partial charge in [0.05, 0.1) is 10.9 Å². The van der Waals surface area contributed by atoms with Gasteiger partial charge in [0.1, 0.15) is 5.03 Å². The third-order valence-corrected chi connectivity index (χ3v) is 2.34. The quantitative estimate of drug-likeness (QED) is 0.662. The predicted molar refractivity (Wildman–Crippen MR) is 46.5 cm³/mol. The Morgan fingerprint density at radius 3 is 2.53 bits per heavy atom.